The molecule has 0 saturated heterocycles. The first-order chi connectivity index (χ1) is 16.2. The van der Waals surface area contributed by atoms with Gasteiger partial charge >= 0.3 is 17.3 Å². The molecule has 1 aromatic heterocycles. The van der Waals surface area contributed by atoms with E-state index in [4.69, 9.17) is 4.74 Å². The Morgan fingerprint density at radius 2 is 1.74 bits per heavy atom. The van der Waals surface area contributed by atoms with Gasteiger partial charge in [0.05, 0.1) is 25.3 Å². The summed E-state index contributed by atoms with van der Waals surface area (Å²) in [6.07, 6.45) is 0.899. The van der Waals surface area contributed by atoms with Gasteiger partial charge in [-0.1, -0.05) is 62.7 Å². The Morgan fingerprint density at radius 1 is 1.03 bits per heavy atom. The number of rotatable bonds is 8. The van der Waals surface area contributed by atoms with E-state index in [2.05, 4.69) is 23.8 Å². The predicted molar refractivity (Wildman–Crippen MR) is 131 cm³/mol. The average Bonchev–Trinajstić information content (AvgIpc) is 2.79. The maximum absolute atomic E-state index is 13.4. The van der Waals surface area contributed by atoms with Crippen LogP contribution < -0.4 is 17.0 Å². The molecule has 3 rings (SSSR count). The van der Waals surface area contributed by atoms with Gasteiger partial charge in [-0.3, -0.25) is 14.3 Å². The van der Waals surface area contributed by atoms with E-state index in [0.29, 0.717) is 11.6 Å². The first kappa shape index (κ1) is 25.0. The molecule has 0 unspecified atom stereocenters. The molecule has 1 atom stereocenters. The average molecular weight is 465 g/mol. The van der Waals surface area contributed by atoms with Gasteiger partial charge in [-0.25, -0.2) is 19.1 Å². The van der Waals surface area contributed by atoms with E-state index in [1.54, 1.807) is 6.92 Å². The second-order valence-electron chi connectivity index (χ2n) is 9.02. The minimum Gasteiger partial charge on any atom is -0.469 e. The van der Waals surface area contributed by atoms with Crippen LogP contribution >= 0.6 is 0 Å². The minimum atomic E-state index is -0.660. The van der Waals surface area contributed by atoms with Crippen molar-refractivity contribution in [2.45, 2.75) is 47.2 Å². The Labute approximate surface area is 198 Å². The Morgan fingerprint density at radius 3 is 2.38 bits per heavy atom. The fourth-order valence-electron chi connectivity index (χ4n) is 3.72. The molecule has 2 aromatic carbocycles. The zero-order chi connectivity index (χ0) is 24.8. The Hall–Kier alpha value is -3.68. The summed E-state index contributed by atoms with van der Waals surface area (Å²) in [7, 11) is 1.28. The van der Waals surface area contributed by atoms with E-state index in [9.17, 15) is 14.4 Å². The van der Waals surface area contributed by atoms with Gasteiger partial charge in [-0.2, -0.15) is 0 Å². The van der Waals surface area contributed by atoms with Crippen LogP contribution in [0.15, 0.2) is 63.1 Å². The maximum atomic E-state index is 13.4. The quantitative estimate of drug-likeness (QED) is 0.518. The molecule has 180 valence electrons. The zero-order valence-electron chi connectivity index (χ0n) is 20.4. The van der Waals surface area contributed by atoms with Crippen LogP contribution in [0.25, 0.3) is 0 Å². The summed E-state index contributed by atoms with van der Waals surface area (Å²) in [6, 6.07) is 15.5. The highest BCUT2D eigenvalue weighted by atomic mass is 16.5. The molecule has 0 aliphatic rings. The molecule has 1 heterocycles. The second-order valence-corrected chi connectivity index (χ2v) is 9.02. The fraction of sp³-hybridized carbons (Fsp3) is 0.385. The molecular weight excluding hydrogens is 432 g/mol. The molecule has 0 saturated carbocycles. The van der Waals surface area contributed by atoms with Crippen LogP contribution in [0.4, 0.5) is 5.69 Å². The molecule has 1 N–H and O–H groups in total. The van der Waals surface area contributed by atoms with E-state index < -0.39 is 23.3 Å². The van der Waals surface area contributed by atoms with Crippen molar-refractivity contribution >= 4 is 11.7 Å². The number of hydrogen-bond donors (Lipinski definition) is 1. The first-order valence-electron chi connectivity index (χ1n) is 11.4. The van der Waals surface area contributed by atoms with Gasteiger partial charge in [0.15, 0.2) is 0 Å². The topological polar surface area (TPSA) is 98.4 Å². The van der Waals surface area contributed by atoms with Gasteiger partial charge in [-0.15, -0.1) is 0 Å². The number of aryl methyl sites for hydroxylation is 1. The normalized spacial score (nSPS) is 12.7. The third-order valence-electron chi connectivity index (χ3n) is 5.49. The number of ether oxygens (including phenoxy) is 1. The lowest BCUT2D eigenvalue weighted by Crippen LogP contribution is -2.51. The van der Waals surface area contributed by atoms with Gasteiger partial charge in [0, 0.05) is 6.54 Å². The van der Waals surface area contributed by atoms with E-state index in [-0.39, 0.29) is 18.7 Å². The summed E-state index contributed by atoms with van der Waals surface area (Å²) in [5.41, 5.74) is 2.74. The number of methoxy groups -OCH3 is 1. The number of H-pyrrole nitrogens is 1. The molecule has 0 bridgehead atoms. The van der Waals surface area contributed by atoms with Gasteiger partial charge < -0.3 is 4.74 Å². The van der Waals surface area contributed by atoms with Crippen LogP contribution in [0.2, 0.25) is 0 Å². The first-order valence-corrected chi connectivity index (χ1v) is 11.4. The number of nitrogens with zero attached hydrogens (tertiary/aromatic N) is 3. The smallest absolute Gasteiger partial charge is 0.335 e. The molecule has 3 aromatic rings. The van der Waals surface area contributed by atoms with Crippen molar-refractivity contribution in [2.24, 2.45) is 16.8 Å². The Kier molecular flexibility index (Phi) is 8.04. The molecule has 0 radical (unpaired) electrons. The number of aromatic nitrogens is 3. The largest absolute Gasteiger partial charge is 0.469 e. The fourth-order valence-corrected chi connectivity index (χ4v) is 3.72. The number of esters is 1. The van der Waals surface area contributed by atoms with Crippen molar-refractivity contribution in [3.05, 3.63) is 91.8 Å². The van der Waals surface area contributed by atoms with Crippen LogP contribution in [0.3, 0.4) is 0 Å². The molecule has 34 heavy (non-hydrogen) atoms. The summed E-state index contributed by atoms with van der Waals surface area (Å²) in [4.78, 5) is 45.5. The van der Waals surface area contributed by atoms with Crippen LogP contribution in [0.5, 0.6) is 0 Å². The monoisotopic (exact) mass is 464 g/mol. The number of hydrogen-bond acceptors (Lipinski definition) is 5. The van der Waals surface area contributed by atoms with Crippen molar-refractivity contribution in [1.82, 2.24) is 14.1 Å². The van der Waals surface area contributed by atoms with Crippen molar-refractivity contribution < 1.29 is 9.53 Å². The molecule has 0 aliphatic heterocycles. The zero-order valence-corrected chi connectivity index (χ0v) is 20.4. The van der Waals surface area contributed by atoms with Gasteiger partial charge in [0.2, 0.25) is 5.62 Å². The van der Waals surface area contributed by atoms with E-state index >= 15 is 0 Å². The van der Waals surface area contributed by atoms with Crippen LogP contribution in [-0.2, 0) is 29.0 Å². The minimum absolute atomic E-state index is 0.0983. The highest BCUT2D eigenvalue weighted by molar-refractivity contribution is 5.71. The summed E-state index contributed by atoms with van der Waals surface area (Å²) in [5.74, 6) is -0.665. The van der Waals surface area contributed by atoms with Crippen molar-refractivity contribution in [2.75, 3.05) is 7.11 Å². The maximum Gasteiger partial charge on any atom is 0.335 e. The molecule has 0 aliphatic carbocycles. The van der Waals surface area contributed by atoms with Crippen molar-refractivity contribution in [1.29, 1.82) is 0 Å². The highest BCUT2D eigenvalue weighted by Gasteiger charge is 2.18. The van der Waals surface area contributed by atoms with E-state index in [1.165, 1.54) is 11.7 Å². The lowest BCUT2D eigenvalue weighted by atomic mass is 10.0. The number of nitrogens with one attached hydrogen (secondary N) is 1. The van der Waals surface area contributed by atoms with Crippen molar-refractivity contribution in [3.63, 3.8) is 0 Å². The Balaban J connectivity index is 2.15. The van der Waals surface area contributed by atoms with E-state index in [0.717, 1.165) is 27.7 Å². The van der Waals surface area contributed by atoms with Crippen LogP contribution in [0, 0.1) is 18.8 Å². The molecule has 0 fully saturated rings. The second kappa shape index (κ2) is 11.0. The molecule has 8 nitrogen and oxygen atoms in total. The lowest BCUT2D eigenvalue weighted by molar-refractivity contribution is -0.145. The molecule has 8 heteroatoms. The van der Waals surface area contributed by atoms with Gasteiger partial charge in [-0.05, 0) is 42.5 Å². The highest BCUT2D eigenvalue weighted by Crippen LogP contribution is 2.16. The molecule has 0 spiro atoms. The third kappa shape index (κ3) is 6.21. The van der Waals surface area contributed by atoms with Crippen LogP contribution in [-0.4, -0.2) is 27.2 Å². The van der Waals surface area contributed by atoms with Gasteiger partial charge in [0.1, 0.15) is 0 Å². The number of benzene rings is 2. The molecular formula is C26H32N4O4. The Bertz CT molecular complexity index is 1330. The number of carbonyl (C=O) groups is 1. The summed E-state index contributed by atoms with van der Waals surface area (Å²) in [5, 5.41) is 0. The summed E-state index contributed by atoms with van der Waals surface area (Å²) in [6.45, 7) is 8.01. The van der Waals surface area contributed by atoms with Crippen LogP contribution in [0.1, 0.15) is 37.5 Å². The molecule has 0 amide bonds. The standard InChI is InChI=1S/C26H32N4O4/c1-17(2)13-21-7-6-8-22(14-21)27-24-28-25(32)30(15-19(4)23(31)34-5)26(33)29(24)16-20-11-9-18(3)10-12-20/h6-12,14,17,19H,13,15-16H2,1-5H3,(H,27,28,32)/t19-/m0/s1. The van der Waals surface area contributed by atoms with Crippen molar-refractivity contribution in [3.8, 4) is 0 Å². The summed E-state index contributed by atoms with van der Waals surface area (Å²) < 4.78 is 7.19. The number of carbonyl (C=O) groups excluding carboxylic acids is 1. The third-order valence-corrected chi connectivity index (χ3v) is 5.49. The predicted octanol–water partition coefficient (Wildman–Crippen LogP) is 2.93. The SMILES string of the molecule is COC(=O)[C@@H](C)Cn1c(=O)[nH]/c(=N\c2cccc(CC(C)C)c2)n(Cc2ccc(C)cc2)c1=O. The number of aromatic amines is 1. The van der Waals surface area contributed by atoms with E-state index in [1.807, 2.05) is 55.5 Å². The van der Waals surface area contributed by atoms with Gasteiger partial charge in [0.25, 0.3) is 0 Å². The lowest BCUT2D eigenvalue weighted by Gasteiger charge is -2.14. The summed E-state index contributed by atoms with van der Waals surface area (Å²) >= 11 is 0.